The van der Waals surface area contributed by atoms with Crippen molar-refractivity contribution >= 4 is 12.3 Å². The van der Waals surface area contributed by atoms with Crippen LogP contribution in [0.1, 0.15) is 22.0 Å². The molecule has 0 amide bonds. The summed E-state index contributed by atoms with van der Waals surface area (Å²) in [6.07, 6.45) is -2.82. The maximum atomic E-state index is 12.8. The molecule has 0 aliphatic carbocycles. The van der Waals surface area contributed by atoms with Crippen molar-refractivity contribution in [1.82, 2.24) is 4.98 Å². The third-order valence-electron chi connectivity index (χ3n) is 1.91. The second-order valence-corrected chi connectivity index (χ2v) is 2.99. The molecule has 86 valence electrons. The quantitative estimate of drug-likeness (QED) is 0.475. The number of aliphatic hydroxyl groups is 2. The number of aromatic nitrogens is 1. The first-order valence-corrected chi connectivity index (χ1v) is 4.17. The van der Waals surface area contributed by atoms with Gasteiger partial charge in [0.25, 0.3) is 0 Å². The maximum Gasteiger partial charge on any atom is 0.335 e. The number of carboxylic acid groups (broad SMARTS) is 1. The zero-order valence-electron chi connectivity index (χ0n) is 7.87. The lowest BCUT2D eigenvalue weighted by Gasteiger charge is -2.14. The minimum absolute atomic E-state index is 0.154. The van der Waals surface area contributed by atoms with Gasteiger partial charge in [-0.2, -0.15) is 4.39 Å². The van der Waals surface area contributed by atoms with Crippen molar-refractivity contribution < 1.29 is 29.3 Å². The Bertz CT molecular complexity index is 422. The van der Waals surface area contributed by atoms with Crippen molar-refractivity contribution in [2.75, 3.05) is 0 Å². The molecule has 0 saturated carbocycles. The number of aldehydes is 1. The van der Waals surface area contributed by atoms with Gasteiger partial charge in [-0.05, 0) is 6.07 Å². The molecule has 0 radical (unpaired) electrons. The summed E-state index contributed by atoms with van der Waals surface area (Å²) in [6, 6.07) is 0.923. The number of carboxylic acids is 1. The lowest BCUT2D eigenvalue weighted by atomic mass is 10.1. The zero-order valence-corrected chi connectivity index (χ0v) is 7.87. The highest BCUT2D eigenvalue weighted by Gasteiger charge is 2.26. The summed E-state index contributed by atoms with van der Waals surface area (Å²) in [7, 11) is 0. The van der Waals surface area contributed by atoms with Crippen molar-refractivity contribution in [1.29, 1.82) is 0 Å². The molecule has 1 rings (SSSR count). The lowest BCUT2D eigenvalue weighted by Crippen LogP contribution is -2.27. The molecule has 2 atom stereocenters. The molecule has 0 fully saturated rings. The molecule has 6 nitrogen and oxygen atoms in total. The largest absolute Gasteiger partial charge is 0.479 e. The van der Waals surface area contributed by atoms with Crippen LogP contribution >= 0.6 is 0 Å². The molecule has 0 bridgehead atoms. The van der Waals surface area contributed by atoms with E-state index in [1.54, 1.807) is 0 Å². The molecule has 0 saturated heterocycles. The summed E-state index contributed by atoms with van der Waals surface area (Å²) in [5.74, 6) is -2.67. The fraction of sp³-hybridized carbons (Fsp3) is 0.222. The zero-order chi connectivity index (χ0) is 12.3. The Morgan fingerprint density at radius 2 is 2.12 bits per heavy atom. The fourth-order valence-corrected chi connectivity index (χ4v) is 1.04. The molecule has 7 heteroatoms. The third kappa shape index (κ3) is 2.38. The van der Waals surface area contributed by atoms with Gasteiger partial charge in [0.1, 0.15) is 6.10 Å². The van der Waals surface area contributed by atoms with E-state index in [1.165, 1.54) is 0 Å². The Morgan fingerprint density at radius 1 is 1.50 bits per heavy atom. The second kappa shape index (κ2) is 4.77. The minimum atomic E-state index is -2.06. The maximum absolute atomic E-state index is 12.8. The Kier molecular flexibility index (Phi) is 3.64. The van der Waals surface area contributed by atoms with Crippen LogP contribution in [0.15, 0.2) is 12.3 Å². The van der Waals surface area contributed by atoms with Crippen LogP contribution in [0.25, 0.3) is 0 Å². The van der Waals surface area contributed by atoms with E-state index in [0.717, 1.165) is 12.3 Å². The van der Waals surface area contributed by atoms with E-state index < -0.39 is 29.7 Å². The van der Waals surface area contributed by atoms with Gasteiger partial charge in [0.05, 0.1) is 5.56 Å². The van der Waals surface area contributed by atoms with Gasteiger partial charge >= 0.3 is 5.97 Å². The molecule has 1 heterocycles. The number of nitrogens with zero attached hydrogens (tertiary/aromatic N) is 1. The number of carbonyl (C=O) groups excluding carboxylic acids is 1. The Labute approximate surface area is 89.0 Å². The van der Waals surface area contributed by atoms with E-state index >= 15 is 0 Å². The first-order valence-electron chi connectivity index (χ1n) is 4.17. The molecule has 0 aliphatic rings. The topological polar surface area (TPSA) is 108 Å². The highest BCUT2D eigenvalue weighted by Crippen LogP contribution is 2.18. The van der Waals surface area contributed by atoms with Crippen molar-refractivity contribution in [2.45, 2.75) is 12.2 Å². The summed E-state index contributed by atoms with van der Waals surface area (Å²) in [6.45, 7) is 0. The highest BCUT2D eigenvalue weighted by atomic mass is 19.1. The fourth-order valence-electron chi connectivity index (χ4n) is 1.04. The van der Waals surface area contributed by atoms with E-state index in [4.69, 9.17) is 10.2 Å². The first kappa shape index (κ1) is 12.2. The number of pyridine rings is 1. The van der Waals surface area contributed by atoms with Crippen LogP contribution in [0, 0.1) is 5.95 Å². The molecule has 2 unspecified atom stereocenters. The number of aliphatic hydroxyl groups excluding tert-OH is 2. The van der Waals surface area contributed by atoms with Gasteiger partial charge in [-0.3, -0.25) is 4.79 Å². The Balaban J connectivity index is 3.05. The smallest absolute Gasteiger partial charge is 0.335 e. The van der Waals surface area contributed by atoms with Crippen molar-refractivity contribution in [3.8, 4) is 0 Å². The predicted octanol–water partition coefficient (Wildman–Crippen LogP) is -0.488. The molecule has 1 aromatic rings. The number of carbonyl (C=O) groups is 2. The van der Waals surface area contributed by atoms with E-state index in [1.807, 2.05) is 0 Å². The minimum Gasteiger partial charge on any atom is -0.479 e. The third-order valence-corrected chi connectivity index (χ3v) is 1.91. The predicted molar refractivity (Wildman–Crippen MR) is 48.2 cm³/mol. The van der Waals surface area contributed by atoms with Crippen LogP contribution < -0.4 is 0 Å². The number of hydrogen-bond donors (Lipinski definition) is 3. The van der Waals surface area contributed by atoms with Gasteiger partial charge < -0.3 is 15.3 Å². The van der Waals surface area contributed by atoms with Gasteiger partial charge in [0, 0.05) is 11.8 Å². The molecular weight excluding hydrogens is 221 g/mol. The van der Waals surface area contributed by atoms with Crippen molar-refractivity contribution in [3.63, 3.8) is 0 Å². The van der Waals surface area contributed by atoms with E-state index in [0.29, 0.717) is 0 Å². The average Bonchev–Trinajstić information content (AvgIpc) is 2.27. The summed E-state index contributed by atoms with van der Waals surface area (Å²) < 4.78 is 12.8. The number of rotatable bonds is 4. The number of hydrogen-bond acceptors (Lipinski definition) is 5. The van der Waals surface area contributed by atoms with Gasteiger partial charge in [0.15, 0.2) is 12.4 Å². The van der Waals surface area contributed by atoms with Gasteiger partial charge in [-0.15, -0.1) is 0 Å². The molecule has 0 aromatic carbocycles. The molecular formula is C9H8FNO5. The van der Waals surface area contributed by atoms with Gasteiger partial charge in [-0.1, -0.05) is 0 Å². The van der Waals surface area contributed by atoms with Gasteiger partial charge in [0.2, 0.25) is 5.95 Å². The van der Waals surface area contributed by atoms with Crippen LogP contribution in [0.5, 0.6) is 0 Å². The normalized spacial score (nSPS) is 14.2. The summed E-state index contributed by atoms with van der Waals surface area (Å²) in [5, 5.41) is 26.8. The summed E-state index contributed by atoms with van der Waals surface area (Å²) in [4.78, 5) is 23.9. The SMILES string of the molecule is O=Cc1cc(C(O)C(O)C(=O)O)cnc1F. The van der Waals surface area contributed by atoms with Crippen LogP contribution in [-0.4, -0.2) is 38.7 Å². The number of aliphatic carboxylic acids is 1. The molecule has 3 N–H and O–H groups in total. The van der Waals surface area contributed by atoms with Crippen LogP contribution in [0.3, 0.4) is 0 Å². The molecule has 0 aliphatic heterocycles. The van der Waals surface area contributed by atoms with Crippen molar-refractivity contribution in [3.05, 3.63) is 29.3 Å². The average molecular weight is 229 g/mol. The van der Waals surface area contributed by atoms with Gasteiger partial charge in [-0.25, -0.2) is 9.78 Å². The molecule has 0 spiro atoms. The van der Waals surface area contributed by atoms with Crippen LogP contribution in [-0.2, 0) is 4.79 Å². The van der Waals surface area contributed by atoms with Crippen LogP contribution in [0.2, 0.25) is 0 Å². The van der Waals surface area contributed by atoms with Crippen molar-refractivity contribution in [2.24, 2.45) is 0 Å². The lowest BCUT2D eigenvalue weighted by molar-refractivity contribution is -0.153. The van der Waals surface area contributed by atoms with E-state index in [2.05, 4.69) is 4.98 Å². The summed E-state index contributed by atoms with van der Waals surface area (Å²) in [5.41, 5.74) is -0.576. The van der Waals surface area contributed by atoms with Crippen LogP contribution in [0.4, 0.5) is 4.39 Å². The molecule has 16 heavy (non-hydrogen) atoms. The summed E-state index contributed by atoms with van der Waals surface area (Å²) >= 11 is 0. The Morgan fingerprint density at radius 3 is 2.62 bits per heavy atom. The monoisotopic (exact) mass is 229 g/mol. The molecule has 1 aromatic heterocycles. The Hall–Kier alpha value is -1.86. The standard InChI is InChI=1S/C9H8FNO5/c10-8-5(3-12)1-4(2-11-8)6(13)7(14)9(15)16/h1-3,6-7,13-14H,(H,15,16). The highest BCUT2D eigenvalue weighted by molar-refractivity contribution is 5.75. The second-order valence-electron chi connectivity index (χ2n) is 2.99. The first-order chi connectivity index (χ1) is 7.47. The van der Waals surface area contributed by atoms with E-state index in [-0.39, 0.29) is 11.8 Å². The number of halogens is 1. The van der Waals surface area contributed by atoms with E-state index in [9.17, 15) is 19.1 Å².